The van der Waals surface area contributed by atoms with Crippen molar-refractivity contribution < 1.29 is 9.53 Å². The molecule has 0 aliphatic rings. The number of pyridine rings is 1. The van der Waals surface area contributed by atoms with E-state index in [0.29, 0.717) is 11.4 Å². The Morgan fingerprint density at radius 2 is 2.00 bits per heavy atom. The molecule has 0 bridgehead atoms. The number of carbonyl (C=O) groups excluding carboxylic acids is 1. The van der Waals surface area contributed by atoms with Crippen molar-refractivity contribution in [2.75, 3.05) is 12.4 Å². The molecule has 0 aliphatic carbocycles. The quantitative estimate of drug-likeness (QED) is 0.689. The van der Waals surface area contributed by atoms with Gasteiger partial charge >= 0.3 is 0 Å². The smallest absolute Gasteiger partial charge is 0.266 e. The molecule has 0 aliphatic heterocycles. The molecule has 0 fully saturated rings. The van der Waals surface area contributed by atoms with Gasteiger partial charge in [0.25, 0.3) is 5.91 Å². The number of nitrogens with one attached hydrogen (secondary N) is 1. The number of amides is 1. The zero-order chi connectivity index (χ0) is 15.1. The fraction of sp³-hybridized carbons (Fsp3) is 0.0625. The number of aromatic nitrogens is 1. The van der Waals surface area contributed by atoms with Gasteiger partial charge in [-0.25, -0.2) is 0 Å². The molecule has 1 heterocycles. The molecule has 2 rings (SSSR count). The van der Waals surface area contributed by atoms with E-state index >= 15 is 0 Å². The third-order valence-electron chi connectivity index (χ3n) is 2.74. The van der Waals surface area contributed by atoms with Gasteiger partial charge in [0.1, 0.15) is 17.4 Å². The zero-order valence-corrected chi connectivity index (χ0v) is 11.4. The summed E-state index contributed by atoms with van der Waals surface area (Å²) >= 11 is 0. The second-order valence-corrected chi connectivity index (χ2v) is 4.10. The van der Waals surface area contributed by atoms with Crippen molar-refractivity contribution in [3.8, 4) is 11.8 Å². The minimum Gasteiger partial charge on any atom is -0.495 e. The summed E-state index contributed by atoms with van der Waals surface area (Å²) in [5.74, 6) is 0.0471. The summed E-state index contributed by atoms with van der Waals surface area (Å²) in [6, 6.07) is 12.3. The molecule has 1 aromatic heterocycles. The van der Waals surface area contributed by atoms with E-state index in [0.717, 1.165) is 5.56 Å². The third kappa shape index (κ3) is 3.67. The standard InChI is InChI=1S/C16H13N3O2/c1-21-15-5-3-2-4-14(15)19-16(20)13(11-17)10-12-6-8-18-9-7-12/h2-10H,1H3,(H,19,20). The van der Waals surface area contributed by atoms with Crippen LogP contribution in [0.5, 0.6) is 5.75 Å². The Hall–Kier alpha value is -3.13. The first-order chi connectivity index (χ1) is 10.2. The van der Waals surface area contributed by atoms with E-state index in [2.05, 4.69) is 10.3 Å². The number of hydrogen-bond acceptors (Lipinski definition) is 4. The fourth-order valence-corrected chi connectivity index (χ4v) is 1.71. The van der Waals surface area contributed by atoms with Crippen LogP contribution in [0.2, 0.25) is 0 Å². The van der Waals surface area contributed by atoms with Crippen LogP contribution in [0, 0.1) is 11.3 Å². The predicted molar refractivity (Wildman–Crippen MR) is 79.5 cm³/mol. The molecule has 0 saturated heterocycles. The van der Waals surface area contributed by atoms with Crippen LogP contribution in [0.25, 0.3) is 6.08 Å². The normalized spacial score (nSPS) is 10.6. The minimum atomic E-state index is -0.487. The monoisotopic (exact) mass is 279 g/mol. The van der Waals surface area contributed by atoms with Crippen LogP contribution < -0.4 is 10.1 Å². The summed E-state index contributed by atoms with van der Waals surface area (Å²) < 4.78 is 5.15. The maximum absolute atomic E-state index is 12.1. The largest absolute Gasteiger partial charge is 0.495 e. The lowest BCUT2D eigenvalue weighted by molar-refractivity contribution is -0.112. The van der Waals surface area contributed by atoms with Crippen LogP contribution in [0.4, 0.5) is 5.69 Å². The van der Waals surface area contributed by atoms with E-state index in [1.54, 1.807) is 48.8 Å². The van der Waals surface area contributed by atoms with Gasteiger partial charge in [0, 0.05) is 12.4 Å². The van der Waals surface area contributed by atoms with Gasteiger partial charge in [0.15, 0.2) is 0 Å². The van der Waals surface area contributed by atoms with E-state index in [9.17, 15) is 4.79 Å². The minimum absolute atomic E-state index is 0.00658. The Morgan fingerprint density at radius 3 is 2.67 bits per heavy atom. The summed E-state index contributed by atoms with van der Waals surface area (Å²) in [4.78, 5) is 16.0. The topological polar surface area (TPSA) is 75.0 Å². The highest BCUT2D eigenvalue weighted by Crippen LogP contribution is 2.23. The number of benzene rings is 1. The Morgan fingerprint density at radius 1 is 1.29 bits per heavy atom. The van der Waals surface area contributed by atoms with Crippen LogP contribution in [0.3, 0.4) is 0 Å². The molecular weight excluding hydrogens is 266 g/mol. The molecule has 1 N–H and O–H groups in total. The van der Waals surface area contributed by atoms with Crippen molar-refractivity contribution >= 4 is 17.7 Å². The molecule has 0 saturated carbocycles. The van der Waals surface area contributed by atoms with Crippen molar-refractivity contribution in [1.29, 1.82) is 5.26 Å². The molecule has 21 heavy (non-hydrogen) atoms. The molecule has 5 heteroatoms. The number of carbonyl (C=O) groups is 1. The molecule has 1 aromatic carbocycles. The number of anilines is 1. The van der Waals surface area contributed by atoms with E-state index in [4.69, 9.17) is 10.00 Å². The lowest BCUT2D eigenvalue weighted by atomic mass is 10.1. The lowest BCUT2D eigenvalue weighted by Gasteiger charge is -2.09. The Balaban J connectivity index is 2.22. The molecule has 104 valence electrons. The number of ether oxygens (including phenoxy) is 1. The molecule has 2 aromatic rings. The summed E-state index contributed by atoms with van der Waals surface area (Å²) in [5, 5.41) is 11.8. The van der Waals surface area contributed by atoms with Gasteiger partial charge in [-0.15, -0.1) is 0 Å². The SMILES string of the molecule is COc1ccccc1NC(=O)C(C#N)=Cc1ccncc1. The van der Waals surface area contributed by atoms with Gasteiger partial charge in [-0.1, -0.05) is 12.1 Å². The van der Waals surface area contributed by atoms with Crippen molar-refractivity contribution in [2.24, 2.45) is 0 Å². The van der Waals surface area contributed by atoms with Gasteiger partial charge in [0.05, 0.1) is 12.8 Å². The number of para-hydroxylation sites is 2. The third-order valence-corrected chi connectivity index (χ3v) is 2.74. The van der Waals surface area contributed by atoms with Crippen LogP contribution in [-0.2, 0) is 4.79 Å². The number of methoxy groups -OCH3 is 1. The van der Waals surface area contributed by atoms with Crippen molar-refractivity contribution in [2.45, 2.75) is 0 Å². The van der Waals surface area contributed by atoms with E-state index < -0.39 is 5.91 Å². The maximum Gasteiger partial charge on any atom is 0.266 e. The first kappa shape index (κ1) is 14.3. The molecule has 1 amide bonds. The molecular formula is C16H13N3O2. The number of rotatable bonds is 4. The second-order valence-electron chi connectivity index (χ2n) is 4.10. The molecule has 0 spiro atoms. The zero-order valence-electron chi connectivity index (χ0n) is 11.4. The summed E-state index contributed by atoms with van der Waals surface area (Å²) in [6.45, 7) is 0. The highest BCUT2D eigenvalue weighted by atomic mass is 16.5. The Labute approximate surface area is 122 Å². The fourth-order valence-electron chi connectivity index (χ4n) is 1.71. The highest BCUT2D eigenvalue weighted by molar-refractivity contribution is 6.10. The molecule has 0 radical (unpaired) electrons. The van der Waals surface area contributed by atoms with Gasteiger partial charge in [-0.2, -0.15) is 5.26 Å². The highest BCUT2D eigenvalue weighted by Gasteiger charge is 2.11. The maximum atomic E-state index is 12.1. The molecule has 0 unspecified atom stereocenters. The Kier molecular flexibility index (Phi) is 4.67. The number of hydrogen-bond donors (Lipinski definition) is 1. The van der Waals surface area contributed by atoms with Gasteiger partial charge in [-0.3, -0.25) is 9.78 Å². The van der Waals surface area contributed by atoms with E-state index in [1.807, 2.05) is 6.07 Å². The lowest BCUT2D eigenvalue weighted by Crippen LogP contribution is -2.14. The van der Waals surface area contributed by atoms with Gasteiger partial charge < -0.3 is 10.1 Å². The van der Waals surface area contributed by atoms with Crippen molar-refractivity contribution in [1.82, 2.24) is 4.98 Å². The average molecular weight is 279 g/mol. The first-order valence-corrected chi connectivity index (χ1v) is 6.21. The second kappa shape index (κ2) is 6.87. The number of nitrogens with zero attached hydrogens (tertiary/aromatic N) is 2. The predicted octanol–water partition coefficient (Wildman–Crippen LogP) is 2.64. The van der Waals surface area contributed by atoms with Gasteiger partial charge in [0.2, 0.25) is 0 Å². The first-order valence-electron chi connectivity index (χ1n) is 6.21. The average Bonchev–Trinajstić information content (AvgIpc) is 2.54. The Bertz CT molecular complexity index is 703. The summed E-state index contributed by atoms with van der Waals surface area (Å²) in [6.07, 6.45) is 4.70. The summed E-state index contributed by atoms with van der Waals surface area (Å²) in [7, 11) is 1.52. The van der Waals surface area contributed by atoms with Gasteiger partial charge in [-0.05, 0) is 35.9 Å². The van der Waals surface area contributed by atoms with Crippen molar-refractivity contribution in [3.05, 3.63) is 59.9 Å². The van der Waals surface area contributed by atoms with Crippen LogP contribution in [0.1, 0.15) is 5.56 Å². The number of nitriles is 1. The van der Waals surface area contributed by atoms with Crippen molar-refractivity contribution in [3.63, 3.8) is 0 Å². The van der Waals surface area contributed by atoms with E-state index in [1.165, 1.54) is 13.2 Å². The summed E-state index contributed by atoms with van der Waals surface area (Å²) in [5.41, 5.74) is 1.25. The van der Waals surface area contributed by atoms with E-state index in [-0.39, 0.29) is 5.57 Å². The molecule has 5 nitrogen and oxygen atoms in total. The van der Waals surface area contributed by atoms with Crippen LogP contribution in [0.15, 0.2) is 54.4 Å². The van der Waals surface area contributed by atoms with Crippen LogP contribution >= 0.6 is 0 Å². The van der Waals surface area contributed by atoms with Crippen LogP contribution in [-0.4, -0.2) is 18.0 Å². The molecule has 0 atom stereocenters.